The molecule has 3 heterocycles. The highest BCUT2D eigenvalue weighted by Crippen LogP contribution is 2.29. The molecule has 0 atom stereocenters. The molecule has 1 fully saturated rings. The molecule has 8 heteroatoms. The van der Waals surface area contributed by atoms with Crippen LogP contribution < -0.4 is 10.2 Å². The molecule has 2 N–H and O–H groups in total. The number of phenols is 1. The van der Waals surface area contributed by atoms with Gasteiger partial charge in [-0.3, -0.25) is 0 Å². The Morgan fingerprint density at radius 1 is 0.886 bits per heavy atom. The van der Waals surface area contributed by atoms with Crippen LogP contribution in [0.3, 0.4) is 0 Å². The molecule has 35 heavy (non-hydrogen) atoms. The number of rotatable bonds is 1. The number of nitrogens with zero attached hydrogens (tertiary/aromatic N) is 4. The first-order valence-electron chi connectivity index (χ1n) is 11.9. The third-order valence-corrected chi connectivity index (χ3v) is 6.32. The summed E-state index contributed by atoms with van der Waals surface area (Å²) >= 11 is 0. The average Bonchev–Trinajstić information content (AvgIpc) is 2.87. The first kappa shape index (κ1) is 23.3. The van der Waals surface area contributed by atoms with Crippen molar-refractivity contribution in [1.82, 2.24) is 14.9 Å². The molecule has 0 amide bonds. The van der Waals surface area contributed by atoms with Gasteiger partial charge in [-0.25, -0.2) is 9.97 Å². The Hall–Kier alpha value is -3.46. The minimum atomic E-state index is 0.204. The van der Waals surface area contributed by atoms with Crippen LogP contribution in [0.15, 0.2) is 60.8 Å². The van der Waals surface area contributed by atoms with Crippen molar-refractivity contribution in [2.45, 2.75) is 13.2 Å². The highest BCUT2D eigenvalue weighted by Gasteiger charge is 2.18. The van der Waals surface area contributed by atoms with Crippen molar-refractivity contribution in [3.05, 3.63) is 71.9 Å². The topological polar surface area (TPSA) is 83.0 Å². The minimum absolute atomic E-state index is 0.204. The Kier molecular flexibility index (Phi) is 7.23. The average molecular weight is 474 g/mol. The molecule has 0 radical (unpaired) electrons. The van der Waals surface area contributed by atoms with Gasteiger partial charge < -0.3 is 29.7 Å². The molecule has 0 spiro atoms. The Morgan fingerprint density at radius 2 is 1.66 bits per heavy atom. The van der Waals surface area contributed by atoms with Crippen LogP contribution in [0.2, 0.25) is 0 Å². The van der Waals surface area contributed by atoms with Crippen molar-refractivity contribution in [1.29, 1.82) is 0 Å². The van der Waals surface area contributed by atoms with Crippen LogP contribution in [0.5, 0.6) is 5.75 Å². The number of hydrogen-bond donors (Lipinski definition) is 2. The van der Waals surface area contributed by atoms with Gasteiger partial charge in [-0.15, -0.1) is 0 Å². The number of piperazine rings is 1. The number of hydrogen-bond acceptors (Lipinski definition) is 8. The van der Waals surface area contributed by atoms with E-state index in [0.29, 0.717) is 37.9 Å². The van der Waals surface area contributed by atoms with Gasteiger partial charge in [-0.1, -0.05) is 12.2 Å². The summed E-state index contributed by atoms with van der Waals surface area (Å²) in [5.74, 6) is 0.715. The summed E-state index contributed by atoms with van der Waals surface area (Å²) in [5, 5.41) is 13.6. The molecule has 2 aliphatic rings. The zero-order chi connectivity index (χ0) is 24.0. The van der Waals surface area contributed by atoms with Gasteiger partial charge in [0.15, 0.2) is 0 Å². The second kappa shape index (κ2) is 10.9. The van der Waals surface area contributed by atoms with Crippen LogP contribution in [0.25, 0.3) is 11.3 Å². The van der Waals surface area contributed by atoms with E-state index in [4.69, 9.17) is 14.5 Å². The summed E-state index contributed by atoms with van der Waals surface area (Å²) < 4.78 is 11.7. The Labute approximate surface area is 205 Å². The first-order valence-corrected chi connectivity index (χ1v) is 11.9. The van der Waals surface area contributed by atoms with E-state index in [-0.39, 0.29) is 5.75 Å². The Bertz CT molecular complexity index is 1190. The molecule has 0 aliphatic carbocycles. The maximum atomic E-state index is 10.2. The zero-order valence-electron chi connectivity index (χ0n) is 20.0. The number of anilines is 3. The molecular weight excluding hydrogens is 442 g/mol. The fraction of sp³-hybridized carbons (Fsp3) is 0.333. The molecule has 0 saturated carbocycles. The lowest BCUT2D eigenvalue weighted by molar-refractivity contribution is 0.139. The molecule has 0 unspecified atom stereocenters. The van der Waals surface area contributed by atoms with Gasteiger partial charge in [-0.05, 0) is 49.5 Å². The third kappa shape index (κ3) is 5.79. The highest BCUT2D eigenvalue weighted by atomic mass is 16.5. The van der Waals surface area contributed by atoms with Gasteiger partial charge in [0.2, 0.25) is 5.95 Å². The molecule has 2 aromatic carbocycles. The fourth-order valence-electron chi connectivity index (χ4n) is 4.31. The van der Waals surface area contributed by atoms with Crippen molar-refractivity contribution < 1.29 is 14.6 Å². The van der Waals surface area contributed by atoms with Crippen LogP contribution >= 0.6 is 0 Å². The quantitative estimate of drug-likeness (QED) is 0.514. The van der Waals surface area contributed by atoms with Crippen molar-refractivity contribution in [2.75, 3.05) is 56.7 Å². The Balaban J connectivity index is 1.46. The van der Waals surface area contributed by atoms with Gasteiger partial charge in [0, 0.05) is 60.4 Å². The maximum Gasteiger partial charge on any atom is 0.227 e. The molecule has 1 aromatic heterocycles. The van der Waals surface area contributed by atoms with Crippen LogP contribution in [-0.2, 0) is 22.7 Å². The van der Waals surface area contributed by atoms with Crippen LogP contribution in [-0.4, -0.2) is 66.4 Å². The number of fused-ring (bicyclic) bond motifs is 7. The van der Waals surface area contributed by atoms with E-state index in [2.05, 4.69) is 45.3 Å². The van der Waals surface area contributed by atoms with Gasteiger partial charge >= 0.3 is 0 Å². The molecule has 6 bridgehead atoms. The van der Waals surface area contributed by atoms with Gasteiger partial charge in [-0.2, -0.15) is 0 Å². The van der Waals surface area contributed by atoms with E-state index >= 15 is 0 Å². The largest absolute Gasteiger partial charge is 0.508 e. The van der Waals surface area contributed by atoms with E-state index < -0.39 is 0 Å². The zero-order valence-corrected chi connectivity index (χ0v) is 20.0. The summed E-state index contributed by atoms with van der Waals surface area (Å²) in [5.41, 5.74) is 5.62. The summed E-state index contributed by atoms with van der Waals surface area (Å²) in [6.07, 6.45) is 5.65. The molecule has 3 aromatic rings. The van der Waals surface area contributed by atoms with Crippen molar-refractivity contribution in [3.63, 3.8) is 0 Å². The van der Waals surface area contributed by atoms with Gasteiger partial charge in [0.25, 0.3) is 0 Å². The van der Waals surface area contributed by atoms with Crippen molar-refractivity contribution >= 4 is 17.3 Å². The van der Waals surface area contributed by atoms with E-state index in [1.165, 1.54) is 5.69 Å². The number of aromatic nitrogens is 2. The highest BCUT2D eigenvalue weighted by molar-refractivity contribution is 5.66. The summed E-state index contributed by atoms with van der Waals surface area (Å²) in [6, 6.07) is 13.6. The molecule has 1 saturated heterocycles. The SMILES string of the molecule is CN1CCN(c2ccc3cc2COC/C=C/COCc2cc(ccc2O)-c2ccnc(n2)N3)CC1. The molecule has 5 rings (SSSR count). The summed E-state index contributed by atoms with van der Waals surface area (Å²) in [7, 11) is 2.16. The molecule has 8 nitrogen and oxygen atoms in total. The predicted molar refractivity (Wildman–Crippen MR) is 137 cm³/mol. The van der Waals surface area contributed by atoms with Gasteiger partial charge in [0.1, 0.15) is 5.75 Å². The van der Waals surface area contributed by atoms with Crippen LogP contribution in [0, 0.1) is 0 Å². The Morgan fingerprint density at radius 3 is 2.46 bits per heavy atom. The van der Waals surface area contributed by atoms with Crippen LogP contribution in [0.4, 0.5) is 17.3 Å². The van der Waals surface area contributed by atoms with Crippen molar-refractivity contribution in [2.24, 2.45) is 0 Å². The number of phenolic OH excluding ortho intramolecular Hbond substituents is 1. The van der Waals surface area contributed by atoms with Gasteiger partial charge in [0.05, 0.1) is 32.1 Å². The smallest absolute Gasteiger partial charge is 0.227 e. The molecule has 2 aliphatic heterocycles. The molecule has 182 valence electrons. The van der Waals surface area contributed by atoms with E-state index in [1.54, 1.807) is 12.3 Å². The second-order valence-corrected chi connectivity index (χ2v) is 8.87. The lowest BCUT2D eigenvalue weighted by Gasteiger charge is -2.35. The summed E-state index contributed by atoms with van der Waals surface area (Å²) in [6.45, 7) is 5.82. The standard InChI is InChI=1S/C27H31N5O3/c1-31-10-12-32(13-11-31)25-6-5-23-17-21(25)18-34-14-2-3-15-35-19-22-16-20(4-7-26(22)33)24-8-9-28-27(29-23)30-24/h2-9,16-17,33H,10-15,18-19H2,1H3,(H,28,29,30)/b3-2+. The van der Waals surface area contributed by atoms with E-state index in [9.17, 15) is 5.11 Å². The summed E-state index contributed by atoms with van der Waals surface area (Å²) in [4.78, 5) is 13.9. The number of ether oxygens (including phenoxy) is 2. The first-order chi connectivity index (χ1) is 17.2. The number of nitrogens with one attached hydrogen (secondary N) is 1. The van der Waals surface area contributed by atoms with Crippen LogP contribution in [0.1, 0.15) is 11.1 Å². The lowest BCUT2D eigenvalue weighted by atomic mass is 10.1. The molecular formula is C27H31N5O3. The van der Waals surface area contributed by atoms with Crippen molar-refractivity contribution in [3.8, 4) is 17.0 Å². The maximum absolute atomic E-state index is 10.2. The lowest BCUT2D eigenvalue weighted by Crippen LogP contribution is -2.44. The fourth-order valence-corrected chi connectivity index (χ4v) is 4.31. The number of likely N-dealkylation sites (N-methyl/N-ethyl adjacent to an activating group) is 1. The minimum Gasteiger partial charge on any atom is -0.508 e. The third-order valence-electron chi connectivity index (χ3n) is 6.32. The number of benzene rings is 2. The number of aromatic hydroxyl groups is 1. The second-order valence-electron chi connectivity index (χ2n) is 8.87. The monoisotopic (exact) mass is 473 g/mol. The normalized spacial score (nSPS) is 18.3. The van der Waals surface area contributed by atoms with E-state index in [1.807, 2.05) is 30.4 Å². The van der Waals surface area contributed by atoms with E-state index in [0.717, 1.165) is 48.7 Å². The predicted octanol–water partition coefficient (Wildman–Crippen LogP) is 3.95.